The molecule has 3 heterocycles. The lowest BCUT2D eigenvalue weighted by molar-refractivity contribution is 0.0636. The zero-order chi connectivity index (χ0) is 19.1. The van der Waals surface area contributed by atoms with E-state index in [-0.39, 0.29) is 23.0 Å². The van der Waals surface area contributed by atoms with Gasteiger partial charge in [-0.3, -0.25) is 9.59 Å². The van der Waals surface area contributed by atoms with Gasteiger partial charge in [0.1, 0.15) is 5.58 Å². The molecular formula is C21H21N3O4. The molecular weight excluding hydrogens is 358 g/mol. The number of carbonyl (C=O) groups excluding carboxylic acids is 1. The van der Waals surface area contributed by atoms with Crippen LogP contribution in [0.5, 0.6) is 0 Å². The Bertz CT molecular complexity index is 1080. The van der Waals surface area contributed by atoms with Gasteiger partial charge in [0.05, 0.1) is 5.39 Å². The number of benzene rings is 1. The minimum atomic E-state index is -0.239. The first-order valence-electron chi connectivity index (χ1n) is 9.82. The first-order chi connectivity index (χ1) is 13.7. The van der Waals surface area contributed by atoms with Crippen LogP contribution in [0.3, 0.4) is 0 Å². The quantitative estimate of drug-likeness (QED) is 0.692. The van der Waals surface area contributed by atoms with Crippen molar-refractivity contribution < 1.29 is 13.7 Å². The summed E-state index contributed by atoms with van der Waals surface area (Å²) in [5, 5.41) is 4.55. The third-order valence-corrected chi connectivity index (χ3v) is 5.54. The number of fused-ring (bicyclic) bond motifs is 1. The Morgan fingerprint density at radius 2 is 2.07 bits per heavy atom. The Balaban J connectivity index is 1.31. The van der Waals surface area contributed by atoms with E-state index in [4.69, 9.17) is 8.94 Å². The summed E-state index contributed by atoms with van der Waals surface area (Å²) in [4.78, 5) is 31.5. The van der Waals surface area contributed by atoms with Crippen LogP contribution in [0.25, 0.3) is 11.0 Å². The van der Waals surface area contributed by atoms with E-state index in [1.807, 2.05) is 0 Å². The number of amides is 1. The van der Waals surface area contributed by atoms with Gasteiger partial charge in [-0.05, 0) is 43.7 Å². The second kappa shape index (κ2) is 6.89. The lowest BCUT2D eigenvalue weighted by Gasteiger charge is -2.31. The van der Waals surface area contributed by atoms with Crippen molar-refractivity contribution in [3.63, 3.8) is 0 Å². The van der Waals surface area contributed by atoms with E-state index in [0.717, 1.165) is 31.5 Å². The summed E-state index contributed by atoms with van der Waals surface area (Å²) >= 11 is 0. The van der Waals surface area contributed by atoms with Gasteiger partial charge in [-0.25, -0.2) is 0 Å². The third-order valence-electron chi connectivity index (χ3n) is 5.54. The number of aromatic nitrogens is 2. The highest BCUT2D eigenvalue weighted by Gasteiger charge is 2.31. The van der Waals surface area contributed by atoms with Crippen LogP contribution >= 0.6 is 0 Å². The minimum Gasteiger partial charge on any atom is -0.451 e. The lowest BCUT2D eigenvalue weighted by atomic mass is 9.94. The van der Waals surface area contributed by atoms with Crippen LogP contribution in [0, 0.1) is 5.92 Å². The smallest absolute Gasteiger partial charge is 0.289 e. The van der Waals surface area contributed by atoms with Gasteiger partial charge < -0.3 is 13.8 Å². The molecule has 3 aromatic rings. The molecule has 2 aromatic heterocycles. The highest BCUT2D eigenvalue weighted by atomic mass is 16.5. The monoisotopic (exact) mass is 379 g/mol. The maximum absolute atomic E-state index is 12.9. The average molecular weight is 379 g/mol. The number of nitrogens with zero attached hydrogens (tertiary/aromatic N) is 3. The number of hydrogen-bond acceptors (Lipinski definition) is 6. The number of likely N-dealkylation sites (tertiary alicyclic amines) is 1. The van der Waals surface area contributed by atoms with Crippen molar-refractivity contribution >= 4 is 16.9 Å². The first kappa shape index (κ1) is 17.2. The summed E-state index contributed by atoms with van der Waals surface area (Å²) in [5.74, 6) is 2.06. The number of rotatable bonds is 4. The van der Waals surface area contributed by atoms with Crippen molar-refractivity contribution in [3.8, 4) is 0 Å². The van der Waals surface area contributed by atoms with Gasteiger partial charge in [-0.15, -0.1) is 0 Å². The summed E-state index contributed by atoms with van der Waals surface area (Å²) < 4.78 is 11.1. The Morgan fingerprint density at radius 3 is 2.93 bits per heavy atom. The van der Waals surface area contributed by atoms with Crippen LogP contribution in [0.2, 0.25) is 0 Å². The highest BCUT2D eigenvalue weighted by molar-refractivity contribution is 5.93. The zero-order valence-electron chi connectivity index (χ0n) is 15.5. The van der Waals surface area contributed by atoms with Crippen LogP contribution in [0.1, 0.15) is 53.9 Å². The van der Waals surface area contributed by atoms with Crippen molar-refractivity contribution in [1.82, 2.24) is 15.0 Å². The molecule has 1 aliphatic carbocycles. The molecule has 7 heteroatoms. The molecule has 7 nitrogen and oxygen atoms in total. The van der Waals surface area contributed by atoms with Gasteiger partial charge in [0, 0.05) is 31.5 Å². The zero-order valence-corrected chi connectivity index (χ0v) is 15.5. The van der Waals surface area contributed by atoms with Gasteiger partial charge in [-0.2, -0.15) is 4.98 Å². The fourth-order valence-corrected chi connectivity index (χ4v) is 3.89. The standard InChI is InChI=1S/C21H21N3O4/c25-16-11-18(27-17-6-2-1-5-15(16)17)21(26)24-9-3-4-13(12-24)10-19-22-20(23-28-19)14-7-8-14/h1-2,5-6,11,13-14H,3-4,7-10,12H2. The van der Waals surface area contributed by atoms with E-state index < -0.39 is 0 Å². The number of piperidine rings is 1. The van der Waals surface area contributed by atoms with Gasteiger partial charge >= 0.3 is 0 Å². The predicted molar refractivity (Wildman–Crippen MR) is 101 cm³/mol. The van der Waals surface area contributed by atoms with Gasteiger partial charge in [0.15, 0.2) is 17.0 Å². The fourth-order valence-electron chi connectivity index (χ4n) is 3.89. The van der Waals surface area contributed by atoms with Gasteiger partial charge in [-0.1, -0.05) is 17.3 Å². The number of hydrogen-bond donors (Lipinski definition) is 0. The van der Waals surface area contributed by atoms with Crippen LogP contribution in [-0.2, 0) is 6.42 Å². The first-order valence-corrected chi connectivity index (χ1v) is 9.82. The van der Waals surface area contributed by atoms with Crippen LogP contribution in [0.4, 0.5) is 0 Å². The molecule has 0 spiro atoms. The van der Waals surface area contributed by atoms with Crippen molar-refractivity contribution in [2.75, 3.05) is 13.1 Å². The minimum absolute atomic E-state index is 0.0955. The Labute approximate surface area is 161 Å². The largest absolute Gasteiger partial charge is 0.451 e. The van der Waals surface area contributed by atoms with Crippen molar-refractivity contribution in [3.05, 3.63) is 58.0 Å². The lowest BCUT2D eigenvalue weighted by Crippen LogP contribution is -2.40. The number of carbonyl (C=O) groups is 1. The molecule has 1 amide bonds. The molecule has 2 aliphatic rings. The number of para-hydroxylation sites is 1. The molecule has 1 saturated carbocycles. The molecule has 2 fully saturated rings. The maximum atomic E-state index is 12.9. The van der Waals surface area contributed by atoms with Crippen molar-refractivity contribution in [2.45, 2.75) is 38.0 Å². The SMILES string of the molecule is O=C(c1cc(=O)c2ccccc2o1)N1CCCC(Cc2nc(C3CC3)no2)C1. The van der Waals surface area contributed by atoms with Crippen molar-refractivity contribution in [1.29, 1.82) is 0 Å². The summed E-state index contributed by atoms with van der Waals surface area (Å²) in [5.41, 5.74) is 0.239. The van der Waals surface area contributed by atoms with Crippen molar-refractivity contribution in [2.24, 2.45) is 5.92 Å². The normalized spacial score (nSPS) is 19.9. The second-order valence-electron chi connectivity index (χ2n) is 7.76. The molecule has 28 heavy (non-hydrogen) atoms. The average Bonchev–Trinajstić information content (AvgIpc) is 3.47. The topological polar surface area (TPSA) is 89.4 Å². The van der Waals surface area contributed by atoms with E-state index in [1.54, 1.807) is 29.2 Å². The Kier molecular flexibility index (Phi) is 4.22. The van der Waals surface area contributed by atoms with Gasteiger partial charge in [0.2, 0.25) is 5.89 Å². The van der Waals surface area contributed by atoms with E-state index >= 15 is 0 Å². The molecule has 1 unspecified atom stereocenters. The molecule has 0 radical (unpaired) electrons. The second-order valence-corrected chi connectivity index (χ2v) is 7.76. The van der Waals surface area contributed by atoms with Gasteiger partial charge in [0.25, 0.3) is 5.91 Å². The predicted octanol–water partition coefficient (Wildman–Crippen LogP) is 3.15. The third kappa shape index (κ3) is 3.32. The maximum Gasteiger partial charge on any atom is 0.289 e. The molecule has 0 N–H and O–H groups in total. The Morgan fingerprint density at radius 1 is 1.21 bits per heavy atom. The molecule has 1 aromatic carbocycles. The molecule has 1 atom stereocenters. The molecule has 1 saturated heterocycles. The van der Waals surface area contributed by atoms with E-state index in [1.165, 1.54) is 6.07 Å². The van der Waals surface area contributed by atoms with E-state index in [2.05, 4.69) is 10.1 Å². The molecule has 1 aliphatic heterocycles. The molecule has 144 valence electrons. The fraction of sp³-hybridized carbons (Fsp3) is 0.429. The summed E-state index contributed by atoms with van der Waals surface area (Å²) in [6.07, 6.45) is 4.86. The van der Waals surface area contributed by atoms with Crippen LogP contribution < -0.4 is 5.43 Å². The molecule has 0 bridgehead atoms. The molecule has 5 rings (SSSR count). The summed E-state index contributed by atoms with van der Waals surface area (Å²) in [6.45, 7) is 1.25. The summed E-state index contributed by atoms with van der Waals surface area (Å²) in [6, 6.07) is 8.28. The van der Waals surface area contributed by atoms with Crippen LogP contribution in [0.15, 0.2) is 44.1 Å². The van der Waals surface area contributed by atoms with E-state index in [0.29, 0.717) is 42.3 Å². The Hall–Kier alpha value is -2.96. The summed E-state index contributed by atoms with van der Waals surface area (Å²) in [7, 11) is 0. The highest BCUT2D eigenvalue weighted by Crippen LogP contribution is 2.38. The van der Waals surface area contributed by atoms with E-state index in [9.17, 15) is 9.59 Å². The van der Waals surface area contributed by atoms with Crippen LogP contribution in [-0.4, -0.2) is 34.0 Å².